The summed E-state index contributed by atoms with van der Waals surface area (Å²) >= 11 is 12.5. The lowest BCUT2D eigenvalue weighted by Gasteiger charge is -2.32. The Hall–Kier alpha value is -3.09. The van der Waals surface area contributed by atoms with E-state index >= 15 is 0 Å². The topological polar surface area (TPSA) is 58.6 Å². The summed E-state index contributed by atoms with van der Waals surface area (Å²) in [4.78, 5) is 28.2. The fourth-order valence-electron chi connectivity index (χ4n) is 3.53. The van der Waals surface area contributed by atoms with Crippen LogP contribution >= 0.6 is 23.2 Å². The molecule has 0 spiro atoms. The number of hydrogen-bond acceptors (Lipinski definition) is 3. The minimum atomic E-state index is -0.823. The summed E-state index contributed by atoms with van der Waals surface area (Å²) in [6.45, 7) is 3.45. The number of ether oxygens (including phenoxy) is 1. The van der Waals surface area contributed by atoms with Crippen molar-refractivity contribution in [3.63, 3.8) is 0 Å². The van der Waals surface area contributed by atoms with E-state index in [0.29, 0.717) is 27.8 Å². The van der Waals surface area contributed by atoms with Gasteiger partial charge in [0, 0.05) is 29.1 Å². The molecule has 8 heteroatoms. The van der Waals surface area contributed by atoms with Crippen LogP contribution in [0.25, 0.3) is 0 Å². The summed E-state index contributed by atoms with van der Waals surface area (Å²) in [5.74, 6) is -0.768. The van der Waals surface area contributed by atoms with Gasteiger partial charge in [0.2, 0.25) is 5.91 Å². The normalized spacial score (nSPS) is 11.7. The van der Waals surface area contributed by atoms with E-state index < -0.39 is 17.8 Å². The van der Waals surface area contributed by atoms with Gasteiger partial charge in [0.05, 0.1) is 0 Å². The molecule has 0 heterocycles. The van der Waals surface area contributed by atoms with Crippen LogP contribution in [-0.2, 0) is 22.6 Å². The molecule has 0 fully saturated rings. The second-order valence-electron chi connectivity index (χ2n) is 8.37. The number of nitrogens with one attached hydrogen (secondary N) is 1. The number of rotatable bonds is 10. The Morgan fingerprint density at radius 3 is 2.31 bits per heavy atom. The van der Waals surface area contributed by atoms with Gasteiger partial charge in [0.1, 0.15) is 17.6 Å². The molecule has 0 radical (unpaired) electrons. The van der Waals surface area contributed by atoms with Gasteiger partial charge in [-0.15, -0.1) is 0 Å². The Morgan fingerprint density at radius 2 is 1.69 bits per heavy atom. The van der Waals surface area contributed by atoms with E-state index in [4.69, 9.17) is 27.9 Å². The Balaban J connectivity index is 1.93. The molecule has 0 aliphatic heterocycles. The summed E-state index contributed by atoms with van der Waals surface area (Å²) in [6, 6.07) is 18.9. The molecule has 2 amide bonds. The highest BCUT2D eigenvalue weighted by Crippen LogP contribution is 2.24. The van der Waals surface area contributed by atoms with E-state index in [2.05, 4.69) is 5.32 Å². The Bertz CT molecular complexity index is 1140. The van der Waals surface area contributed by atoms with Crippen LogP contribution in [0.15, 0.2) is 72.8 Å². The van der Waals surface area contributed by atoms with E-state index in [1.54, 1.807) is 18.2 Å². The first-order valence-corrected chi connectivity index (χ1v) is 11.9. The number of nitrogens with zero attached hydrogens (tertiary/aromatic N) is 1. The maximum Gasteiger partial charge on any atom is 0.261 e. The van der Waals surface area contributed by atoms with E-state index in [1.807, 2.05) is 44.2 Å². The average molecular weight is 517 g/mol. The van der Waals surface area contributed by atoms with Crippen LogP contribution in [0.1, 0.15) is 25.0 Å². The molecule has 1 atom stereocenters. The van der Waals surface area contributed by atoms with Crippen molar-refractivity contribution in [2.75, 3.05) is 6.61 Å². The highest BCUT2D eigenvalue weighted by atomic mass is 35.5. The third-order valence-electron chi connectivity index (χ3n) is 5.23. The largest absolute Gasteiger partial charge is 0.484 e. The van der Waals surface area contributed by atoms with Crippen molar-refractivity contribution in [2.24, 2.45) is 0 Å². The molecule has 0 aliphatic carbocycles. The van der Waals surface area contributed by atoms with Crippen LogP contribution in [0.2, 0.25) is 10.0 Å². The van der Waals surface area contributed by atoms with Crippen LogP contribution in [0.4, 0.5) is 4.39 Å². The van der Waals surface area contributed by atoms with Gasteiger partial charge < -0.3 is 15.0 Å². The second-order valence-corrected chi connectivity index (χ2v) is 9.21. The summed E-state index contributed by atoms with van der Waals surface area (Å²) in [5.41, 5.74) is 1.54. The van der Waals surface area contributed by atoms with Gasteiger partial charge in [-0.05, 0) is 61.4 Å². The van der Waals surface area contributed by atoms with Gasteiger partial charge in [0.25, 0.3) is 5.91 Å². The van der Waals surface area contributed by atoms with E-state index in [-0.39, 0.29) is 25.1 Å². The van der Waals surface area contributed by atoms with Gasteiger partial charge in [-0.25, -0.2) is 4.39 Å². The molecule has 3 aromatic rings. The molecular formula is C27H27Cl2FN2O3. The quantitative estimate of drug-likeness (QED) is 0.377. The molecule has 0 bridgehead atoms. The van der Waals surface area contributed by atoms with E-state index in [1.165, 1.54) is 29.2 Å². The number of hydrogen-bond donors (Lipinski definition) is 1. The van der Waals surface area contributed by atoms with Gasteiger partial charge in [0.15, 0.2) is 6.61 Å². The first-order valence-electron chi connectivity index (χ1n) is 11.2. The summed E-state index contributed by atoms with van der Waals surface area (Å²) in [7, 11) is 0. The fourth-order valence-corrected chi connectivity index (χ4v) is 4.00. The standard InChI is InChI=1S/C27H27Cl2FN2O3/c1-18(2)31-27(34)25(14-19-6-4-3-5-7-19)32(16-20-8-9-21(28)15-24(20)29)26(33)17-35-23-12-10-22(30)11-13-23/h3-13,15,18,25H,14,16-17H2,1-2H3,(H,31,34)/t25-/m1/s1. The molecule has 0 saturated carbocycles. The minimum Gasteiger partial charge on any atom is -0.484 e. The molecule has 0 unspecified atom stereocenters. The van der Waals surface area contributed by atoms with Crippen LogP contribution in [-0.4, -0.2) is 35.4 Å². The molecule has 35 heavy (non-hydrogen) atoms. The number of carbonyl (C=O) groups excluding carboxylic acids is 2. The fraction of sp³-hybridized carbons (Fsp3) is 0.259. The zero-order valence-corrected chi connectivity index (χ0v) is 21.0. The predicted octanol–water partition coefficient (Wildman–Crippen LogP) is 5.68. The van der Waals surface area contributed by atoms with Gasteiger partial charge >= 0.3 is 0 Å². The van der Waals surface area contributed by atoms with Crippen LogP contribution in [0.5, 0.6) is 5.75 Å². The summed E-state index contributed by atoms with van der Waals surface area (Å²) in [5, 5.41) is 3.77. The van der Waals surface area contributed by atoms with Crippen molar-refractivity contribution in [2.45, 2.75) is 38.9 Å². The lowest BCUT2D eigenvalue weighted by Crippen LogP contribution is -2.52. The third-order valence-corrected chi connectivity index (χ3v) is 5.82. The minimum absolute atomic E-state index is 0.0740. The zero-order chi connectivity index (χ0) is 25.4. The number of amides is 2. The second kappa shape index (κ2) is 12.6. The van der Waals surface area contributed by atoms with Crippen molar-refractivity contribution in [1.82, 2.24) is 10.2 Å². The van der Waals surface area contributed by atoms with Crippen LogP contribution in [0, 0.1) is 5.82 Å². The van der Waals surface area contributed by atoms with Crippen molar-refractivity contribution in [1.29, 1.82) is 0 Å². The van der Waals surface area contributed by atoms with Gasteiger partial charge in [-0.1, -0.05) is 59.6 Å². The Kier molecular flexibility index (Phi) is 9.52. The maximum absolute atomic E-state index is 13.5. The van der Waals surface area contributed by atoms with E-state index in [0.717, 1.165) is 5.56 Å². The van der Waals surface area contributed by atoms with Crippen molar-refractivity contribution >= 4 is 35.0 Å². The zero-order valence-electron chi connectivity index (χ0n) is 19.5. The highest BCUT2D eigenvalue weighted by Gasteiger charge is 2.31. The molecule has 0 aliphatic rings. The Morgan fingerprint density at radius 1 is 1.00 bits per heavy atom. The molecule has 1 N–H and O–H groups in total. The number of halogens is 3. The molecule has 3 aromatic carbocycles. The molecular weight excluding hydrogens is 490 g/mol. The van der Waals surface area contributed by atoms with Crippen LogP contribution < -0.4 is 10.1 Å². The molecule has 0 aromatic heterocycles. The number of carbonyl (C=O) groups is 2. The SMILES string of the molecule is CC(C)NC(=O)[C@@H](Cc1ccccc1)N(Cc1ccc(Cl)cc1Cl)C(=O)COc1ccc(F)cc1. The van der Waals surface area contributed by atoms with Crippen molar-refractivity contribution < 1.29 is 18.7 Å². The third kappa shape index (κ3) is 7.98. The maximum atomic E-state index is 13.5. The first kappa shape index (κ1) is 26.5. The monoisotopic (exact) mass is 516 g/mol. The molecule has 184 valence electrons. The summed E-state index contributed by atoms with van der Waals surface area (Å²) in [6.07, 6.45) is 0.299. The molecule has 0 saturated heterocycles. The Labute approximate surface area is 214 Å². The molecule has 3 rings (SSSR count). The lowest BCUT2D eigenvalue weighted by molar-refractivity contribution is -0.143. The average Bonchev–Trinajstić information content (AvgIpc) is 2.82. The number of benzene rings is 3. The molecule has 5 nitrogen and oxygen atoms in total. The van der Waals surface area contributed by atoms with E-state index in [9.17, 15) is 14.0 Å². The van der Waals surface area contributed by atoms with Gasteiger partial charge in [-0.3, -0.25) is 9.59 Å². The first-order chi connectivity index (χ1) is 16.7. The highest BCUT2D eigenvalue weighted by molar-refractivity contribution is 6.35. The summed E-state index contributed by atoms with van der Waals surface area (Å²) < 4.78 is 18.8. The predicted molar refractivity (Wildman–Crippen MR) is 136 cm³/mol. The van der Waals surface area contributed by atoms with Gasteiger partial charge in [-0.2, -0.15) is 0 Å². The van der Waals surface area contributed by atoms with Crippen LogP contribution in [0.3, 0.4) is 0 Å². The smallest absolute Gasteiger partial charge is 0.261 e. The van der Waals surface area contributed by atoms with Crippen molar-refractivity contribution in [3.8, 4) is 5.75 Å². The van der Waals surface area contributed by atoms with Crippen molar-refractivity contribution in [3.05, 3.63) is 99.8 Å². The lowest BCUT2D eigenvalue weighted by atomic mass is 10.0.